The van der Waals surface area contributed by atoms with Crippen LogP contribution in [0.3, 0.4) is 0 Å². The molecule has 1 N–H and O–H groups in total. The molecule has 3 nitrogen and oxygen atoms in total. The van der Waals surface area contributed by atoms with Crippen molar-refractivity contribution in [2.45, 2.75) is 6.42 Å². The van der Waals surface area contributed by atoms with Gasteiger partial charge in [0.25, 0.3) is 0 Å². The van der Waals surface area contributed by atoms with Crippen LogP contribution in [0.2, 0.25) is 5.02 Å². The summed E-state index contributed by atoms with van der Waals surface area (Å²) in [4.78, 5) is 0. The maximum Gasteiger partial charge on any atom is 0.120 e. The second kappa shape index (κ2) is 7.49. The van der Waals surface area contributed by atoms with Crippen LogP contribution in [0.5, 0.6) is 5.75 Å². The first-order valence-corrected chi connectivity index (χ1v) is 5.62. The number of methoxy groups -OCH3 is 1. The molecule has 0 amide bonds. The predicted octanol–water partition coefficient (Wildman–Crippen LogP) is 2.36. The van der Waals surface area contributed by atoms with Crippen LogP contribution >= 0.6 is 11.6 Å². The zero-order chi connectivity index (χ0) is 11.8. The van der Waals surface area contributed by atoms with E-state index in [-0.39, 0.29) is 12.5 Å². The normalized spacial score (nSPS) is 12.4. The molecule has 0 aromatic heterocycles. The van der Waals surface area contributed by atoms with Crippen molar-refractivity contribution in [3.05, 3.63) is 29.3 Å². The molecule has 0 aliphatic heterocycles. The van der Waals surface area contributed by atoms with E-state index in [9.17, 15) is 0 Å². The number of benzene rings is 1. The van der Waals surface area contributed by atoms with Gasteiger partial charge < -0.3 is 14.6 Å². The molecule has 0 saturated heterocycles. The van der Waals surface area contributed by atoms with Gasteiger partial charge in [-0.05, 0) is 24.6 Å². The van der Waals surface area contributed by atoms with Crippen molar-refractivity contribution in [1.29, 1.82) is 0 Å². The number of aliphatic hydroxyl groups excluding tert-OH is 1. The van der Waals surface area contributed by atoms with Gasteiger partial charge in [0, 0.05) is 31.3 Å². The van der Waals surface area contributed by atoms with Gasteiger partial charge in [-0.1, -0.05) is 17.7 Å². The minimum absolute atomic E-state index is 0.0962. The van der Waals surface area contributed by atoms with Crippen molar-refractivity contribution in [2.24, 2.45) is 5.92 Å². The van der Waals surface area contributed by atoms with Crippen molar-refractivity contribution < 1.29 is 14.6 Å². The number of hydrogen-bond acceptors (Lipinski definition) is 3. The average Bonchev–Trinajstić information content (AvgIpc) is 2.29. The number of ether oxygens (including phenoxy) is 2. The molecule has 16 heavy (non-hydrogen) atoms. The molecule has 0 heterocycles. The Hall–Kier alpha value is -0.770. The first-order chi connectivity index (χ1) is 7.76. The Balaban J connectivity index is 2.37. The van der Waals surface area contributed by atoms with Gasteiger partial charge in [-0.15, -0.1) is 0 Å². The largest absolute Gasteiger partial charge is 0.493 e. The molecule has 0 aliphatic carbocycles. The topological polar surface area (TPSA) is 38.7 Å². The lowest BCUT2D eigenvalue weighted by atomic mass is 10.1. The number of aliphatic hydroxyl groups is 1. The average molecular weight is 245 g/mol. The van der Waals surface area contributed by atoms with E-state index >= 15 is 0 Å². The van der Waals surface area contributed by atoms with Crippen LogP contribution in [-0.2, 0) is 4.74 Å². The van der Waals surface area contributed by atoms with E-state index in [0.29, 0.717) is 18.2 Å². The smallest absolute Gasteiger partial charge is 0.120 e. The highest BCUT2D eigenvalue weighted by Crippen LogP contribution is 2.18. The van der Waals surface area contributed by atoms with Crippen LogP contribution in [0, 0.1) is 5.92 Å². The summed E-state index contributed by atoms with van der Waals surface area (Å²) in [6, 6.07) is 7.23. The monoisotopic (exact) mass is 244 g/mol. The second-order valence-electron chi connectivity index (χ2n) is 3.60. The molecule has 0 fully saturated rings. The highest BCUT2D eigenvalue weighted by Gasteiger charge is 2.08. The highest BCUT2D eigenvalue weighted by molar-refractivity contribution is 6.30. The van der Waals surface area contributed by atoms with Crippen LogP contribution in [-0.4, -0.2) is 32.0 Å². The van der Waals surface area contributed by atoms with E-state index in [0.717, 1.165) is 12.2 Å². The highest BCUT2D eigenvalue weighted by atomic mass is 35.5. The predicted molar refractivity (Wildman–Crippen MR) is 64.0 cm³/mol. The van der Waals surface area contributed by atoms with Gasteiger partial charge in [-0.25, -0.2) is 0 Å². The van der Waals surface area contributed by atoms with Gasteiger partial charge in [-0.3, -0.25) is 0 Å². The van der Waals surface area contributed by atoms with Gasteiger partial charge in [0.15, 0.2) is 0 Å². The minimum atomic E-state index is 0.0962. The molecule has 0 spiro atoms. The summed E-state index contributed by atoms with van der Waals surface area (Å²) in [5, 5.41) is 9.77. The minimum Gasteiger partial charge on any atom is -0.493 e. The summed E-state index contributed by atoms with van der Waals surface area (Å²) >= 11 is 5.83. The zero-order valence-corrected chi connectivity index (χ0v) is 10.1. The van der Waals surface area contributed by atoms with Crippen LogP contribution < -0.4 is 4.74 Å². The van der Waals surface area contributed by atoms with Crippen molar-refractivity contribution in [3.63, 3.8) is 0 Å². The molecule has 1 rings (SSSR count). The summed E-state index contributed by atoms with van der Waals surface area (Å²) in [7, 11) is 1.65. The first-order valence-electron chi connectivity index (χ1n) is 5.24. The molecule has 0 saturated carbocycles. The molecule has 90 valence electrons. The Bertz CT molecular complexity index is 304. The standard InChI is InChI=1S/C12H17ClO3/c1-15-6-5-10(8-14)9-16-12-4-2-3-11(13)7-12/h2-4,7,10,14H,5-6,8-9H2,1H3. The summed E-state index contributed by atoms with van der Waals surface area (Å²) in [5.74, 6) is 0.822. The van der Waals surface area contributed by atoms with E-state index in [1.54, 1.807) is 19.2 Å². The molecule has 1 aromatic carbocycles. The second-order valence-corrected chi connectivity index (χ2v) is 4.03. The van der Waals surface area contributed by atoms with E-state index in [2.05, 4.69) is 0 Å². The summed E-state index contributed by atoms with van der Waals surface area (Å²) < 4.78 is 10.5. The molecule has 0 aliphatic rings. The Kier molecular flexibility index (Phi) is 6.23. The molecular weight excluding hydrogens is 228 g/mol. The fourth-order valence-corrected chi connectivity index (χ4v) is 1.46. The molecule has 0 radical (unpaired) electrons. The molecule has 1 atom stereocenters. The number of halogens is 1. The van der Waals surface area contributed by atoms with Gasteiger partial charge in [-0.2, -0.15) is 0 Å². The third-order valence-corrected chi connectivity index (χ3v) is 2.51. The lowest BCUT2D eigenvalue weighted by Crippen LogP contribution is -2.17. The maximum atomic E-state index is 9.12. The fraction of sp³-hybridized carbons (Fsp3) is 0.500. The van der Waals surface area contributed by atoms with Crippen molar-refractivity contribution in [1.82, 2.24) is 0 Å². The lowest BCUT2D eigenvalue weighted by molar-refractivity contribution is 0.116. The third-order valence-electron chi connectivity index (χ3n) is 2.27. The Morgan fingerprint density at radius 2 is 2.25 bits per heavy atom. The van der Waals surface area contributed by atoms with Gasteiger partial charge >= 0.3 is 0 Å². The first kappa shape index (κ1) is 13.3. The van der Waals surface area contributed by atoms with Gasteiger partial charge in [0.05, 0.1) is 6.61 Å². The van der Waals surface area contributed by atoms with Crippen LogP contribution in [0.25, 0.3) is 0 Å². The summed E-state index contributed by atoms with van der Waals surface area (Å²) in [6.07, 6.45) is 0.785. The van der Waals surface area contributed by atoms with E-state index in [4.69, 9.17) is 26.2 Å². The molecule has 0 bridgehead atoms. The third kappa shape index (κ3) is 4.84. The van der Waals surface area contributed by atoms with Gasteiger partial charge in [0.2, 0.25) is 0 Å². The van der Waals surface area contributed by atoms with Crippen molar-refractivity contribution in [3.8, 4) is 5.75 Å². The Labute approximate surface area is 101 Å². The Morgan fingerprint density at radius 1 is 1.44 bits per heavy atom. The zero-order valence-electron chi connectivity index (χ0n) is 9.36. The number of hydrogen-bond donors (Lipinski definition) is 1. The fourth-order valence-electron chi connectivity index (χ4n) is 1.28. The molecule has 1 unspecified atom stereocenters. The summed E-state index contributed by atoms with van der Waals surface area (Å²) in [5.41, 5.74) is 0. The maximum absolute atomic E-state index is 9.12. The van der Waals surface area contributed by atoms with E-state index < -0.39 is 0 Å². The van der Waals surface area contributed by atoms with Crippen molar-refractivity contribution >= 4 is 11.6 Å². The van der Waals surface area contributed by atoms with E-state index in [1.165, 1.54) is 0 Å². The SMILES string of the molecule is COCCC(CO)COc1cccc(Cl)c1. The van der Waals surface area contributed by atoms with Gasteiger partial charge in [0.1, 0.15) is 5.75 Å². The van der Waals surface area contributed by atoms with Crippen LogP contribution in [0.4, 0.5) is 0 Å². The molecule has 1 aromatic rings. The number of rotatable bonds is 7. The van der Waals surface area contributed by atoms with E-state index in [1.807, 2.05) is 12.1 Å². The molecular formula is C12H17ClO3. The Morgan fingerprint density at radius 3 is 2.88 bits per heavy atom. The quantitative estimate of drug-likeness (QED) is 0.800. The summed E-state index contributed by atoms with van der Waals surface area (Å²) in [6.45, 7) is 1.20. The van der Waals surface area contributed by atoms with Crippen LogP contribution in [0.1, 0.15) is 6.42 Å². The van der Waals surface area contributed by atoms with Crippen LogP contribution in [0.15, 0.2) is 24.3 Å². The molecule has 4 heteroatoms. The lowest BCUT2D eigenvalue weighted by Gasteiger charge is -2.14. The van der Waals surface area contributed by atoms with Crippen molar-refractivity contribution in [2.75, 3.05) is 26.9 Å².